The first-order chi connectivity index (χ1) is 11.0. The Labute approximate surface area is 139 Å². The molecule has 0 bridgehead atoms. The molecule has 3 rings (SSSR count). The van der Waals surface area contributed by atoms with Crippen molar-refractivity contribution in [3.63, 3.8) is 0 Å². The highest BCUT2D eigenvalue weighted by Gasteiger charge is 2.24. The topological polar surface area (TPSA) is 67.2 Å². The normalized spacial score (nSPS) is 18.0. The van der Waals surface area contributed by atoms with Crippen LogP contribution in [-0.4, -0.2) is 39.6 Å². The Morgan fingerprint density at radius 3 is 2.96 bits per heavy atom. The monoisotopic (exact) mass is 332 g/mol. The van der Waals surface area contributed by atoms with Crippen LogP contribution in [0.25, 0.3) is 0 Å². The number of thiophene rings is 1. The minimum Gasteiger partial charge on any atom is -0.337 e. The average molecular weight is 332 g/mol. The number of hydrogen-bond donors (Lipinski definition) is 1. The van der Waals surface area contributed by atoms with E-state index in [9.17, 15) is 9.59 Å². The van der Waals surface area contributed by atoms with Crippen LogP contribution in [0.1, 0.15) is 39.9 Å². The van der Waals surface area contributed by atoms with Crippen LogP contribution in [0.2, 0.25) is 0 Å². The maximum Gasteiger partial charge on any atom is 0.274 e. The molecule has 2 aromatic heterocycles. The Morgan fingerprint density at radius 1 is 1.43 bits per heavy atom. The lowest BCUT2D eigenvalue weighted by molar-refractivity contribution is 0.0676. The number of rotatable bonds is 3. The Balaban J connectivity index is 1.72. The Hall–Kier alpha value is -2.15. The number of amides is 2. The van der Waals surface area contributed by atoms with Gasteiger partial charge in [-0.3, -0.25) is 14.3 Å². The molecular weight excluding hydrogens is 312 g/mol. The van der Waals surface area contributed by atoms with Crippen LogP contribution in [0.5, 0.6) is 0 Å². The first kappa shape index (κ1) is 15.7. The van der Waals surface area contributed by atoms with Gasteiger partial charge in [0.2, 0.25) is 0 Å². The van der Waals surface area contributed by atoms with Crippen molar-refractivity contribution in [2.24, 2.45) is 13.0 Å². The molecule has 0 saturated carbocycles. The van der Waals surface area contributed by atoms with Gasteiger partial charge in [0, 0.05) is 26.2 Å². The highest BCUT2D eigenvalue weighted by atomic mass is 32.1. The van der Waals surface area contributed by atoms with Crippen LogP contribution in [0, 0.1) is 5.92 Å². The van der Waals surface area contributed by atoms with Gasteiger partial charge in [-0.05, 0) is 30.2 Å². The maximum atomic E-state index is 12.6. The van der Waals surface area contributed by atoms with Crippen molar-refractivity contribution in [1.82, 2.24) is 14.7 Å². The van der Waals surface area contributed by atoms with Gasteiger partial charge < -0.3 is 10.2 Å². The lowest BCUT2D eigenvalue weighted by Gasteiger charge is -2.30. The minimum atomic E-state index is -0.186. The van der Waals surface area contributed by atoms with E-state index in [1.165, 1.54) is 16.0 Å². The van der Waals surface area contributed by atoms with Gasteiger partial charge in [0.1, 0.15) is 5.82 Å². The molecule has 1 aliphatic heterocycles. The van der Waals surface area contributed by atoms with E-state index in [0.29, 0.717) is 22.3 Å². The summed E-state index contributed by atoms with van der Waals surface area (Å²) in [5.41, 5.74) is 0.378. The second-order valence-electron chi connectivity index (χ2n) is 5.97. The number of anilines is 1. The van der Waals surface area contributed by atoms with Gasteiger partial charge in [-0.2, -0.15) is 5.10 Å². The molecule has 2 aromatic rings. The number of carbonyl (C=O) groups excluding carboxylic acids is 2. The summed E-state index contributed by atoms with van der Waals surface area (Å²) in [4.78, 5) is 27.2. The summed E-state index contributed by atoms with van der Waals surface area (Å²) >= 11 is 1.38. The molecule has 3 heterocycles. The van der Waals surface area contributed by atoms with Gasteiger partial charge in [-0.15, -0.1) is 11.3 Å². The Kier molecular flexibility index (Phi) is 4.47. The molecule has 2 amide bonds. The number of nitrogens with zero attached hydrogens (tertiary/aromatic N) is 3. The third-order valence-electron chi connectivity index (χ3n) is 4.03. The van der Waals surface area contributed by atoms with Crippen molar-refractivity contribution < 1.29 is 9.59 Å². The molecule has 7 heteroatoms. The summed E-state index contributed by atoms with van der Waals surface area (Å²) in [5, 5.41) is 8.91. The summed E-state index contributed by atoms with van der Waals surface area (Å²) in [5.74, 6) is 0.795. The van der Waals surface area contributed by atoms with Crippen molar-refractivity contribution in [2.45, 2.75) is 19.8 Å². The summed E-state index contributed by atoms with van der Waals surface area (Å²) < 4.78 is 1.53. The molecule has 23 heavy (non-hydrogen) atoms. The van der Waals surface area contributed by atoms with Crippen molar-refractivity contribution in [1.29, 1.82) is 0 Å². The van der Waals surface area contributed by atoms with E-state index >= 15 is 0 Å². The molecule has 0 aliphatic carbocycles. The quantitative estimate of drug-likeness (QED) is 0.939. The van der Waals surface area contributed by atoms with Crippen molar-refractivity contribution in [3.05, 3.63) is 34.2 Å². The molecule has 1 saturated heterocycles. The van der Waals surface area contributed by atoms with Crippen LogP contribution in [0.4, 0.5) is 5.82 Å². The van der Waals surface area contributed by atoms with E-state index in [2.05, 4.69) is 17.3 Å². The number of nitrogens with one attached hydrogen (secondary N) is 1. The SMILES string of the molecule is C[C@@H]1CCCN(C(=O)c2cc(NC(=O)c3cccs3)n(C)n2)C1. The number of likely N-dealkylation sites (tertiary alicyclic amines) is 1. The second kappa shape index (κ2) is 6.54. The molecule has 1 aliphatic rings. The third kappa shape index (κ3) is 3.44. The van der Waals surface area contributed by atoms with Crippen LogP contribution in [-0.2, 0) is 7.05 Å². The maximum absolute atomic E-state index is 12.6. The zero-order chi connectivity index (χ0) is 16.4. The molecule has 122 valence electrons. The minimum absolute atomic E-state index is 0.0660. The fourth-order valence-corrected chi connectivity index (χ4v) is 3.43. The number of aromatic nitrogens is 2. The van der Waals surface area contributed by atoms with Gasteiger partial charge in [0.05, 0.1) is 4.88 Å². The molecule has 6 nitrogen and oxygen atoms in total. The molecule has 0 radical (unpaired) electrons. The van der Waals surface area contributed by atoms with Gasteiger partial charge in [-0.25, -0.2) is 0 Å². The summed E-state index contributed by atoms with van der Waals surface area (Å²) in [7, 11) is 1.72. The molecule has 0 unspecified atom stereocenters. The molecule has 1 N–H and O–H groups in total. The predicted octanol–water partition coefficient (Wildman–Crippen LogP) is 2.61. The molecule has 0 aromatic carbocycles. The third-order valence-corrected chi connectivity index (χ3v) is 4.90. The van der Waals surface area contributed by atoms with Crippen LogP contribution in [0.3, 0.4) is 0 Å². The van der Waals surface area contributed by atoms with Gasteiger partial charge in [0.25, 0.3) is 11.8 Å². The van der Waals surface area contributed by atoms with Crippen molar-refractivity contribution >= 4 is 29.0 Å². The first-order valence-electron chi connectivity index (χ1n) is 7.73. The highest BCUT2D eigenvalue weighted by molar-refractivity contribution is 7.12. The molecule has 1 fully saturated rings. The lowest BCUT2D eigenvalue weighted by atomic mass is 10.00. The van der Waals surface area contributed by atoms with E-state index in [1.54, 1.807) is 19.2 Å². The highest BCUT2D eigenvalue weighted by Crippen LogP contribution is 2.19. The number of carbonyl (C=O) groups is 2. The number of piperidine rings is 1. The fourth-order valence-electron chi connectivity index (χ4n) is 2.81. The standard InChI is InChI=1S/C16H20N4O2S/c1-11-5-3-7-20(10-11)16(22)12-9-14(19(2)18-12)17-15(21)13-6-4-8-23-13/h4,6,8-9,11H,3,5,7,10H2,1-2H3,(H,17,21)/t11-/m1/s1. The summed E-state index contributed by atoms with van der Waals surface area (Å²) in [6.45, 7) is 3.70. The second-order valence-corrected chi connectivity index (χ2v) is 6.92. The Bertz CT molecular complexity index is 708. The number of hydrogen-bond acceptors (Lipinski definition) is 4. The summed E-state index contributed by atoms with van der Waals surface area (Å²) in [6.07, 6.45) is 2.19. The van der Waals surface area contributed by atoms with E-state index in [0.717, 1.165) is 25.9 Å². The predicted molar refractivity (Wildman–Crippen MR) is 89.8 cm³/mol. The molecule has 1 atom stereocenters. The zero-order valence-electron chi connectivity index (χ0n) is 13.3. The van der Waals surface area contributed by atoms with E-state index in [1.807, 2.05) is 16.3 Å². The van der Waals surface area contributed by atoms with Crippen molar-refractivity contribution in [3.8, 4) is 0 Å². The van der Waals surface area contributed by atoms with Crippen LogP contribution >= 0.6 is 11.3 Å². The van der Waals surface area contributed by atoms with E-state index < -0.39 is 0 Å². The van der Waals surface area contributed by atoms with Gasteiger partial charge in [-0.1, -0.05) is 13.0 Å². The molecule has 0 spiro atoms. The van der Waals surface area contributed by atoms with E-state index in [-0.39, 0.29) is 11.8 Å². The largest absolute Gasteiger partial charge is 0.337 e. The average Bonchev–Trinajstić information content (AvgIpc) is 3.17. The van der Waals surface area contributed by atoms with Crippen LogP contribution in [0.15, 0.2) is 23.6 Å². The first-order valence-corrected chi connectivity index (χ1v) is 8.60. The van der Waals surface area contributed by atoms with Crippen molar-refractivity contribution in [2.75, 3.05) is 18.4 Å². The molecular formula is C16H20N4O2S. The fraction of sp³-hybridized carbons (Fsp3) is 0.438. The smallest absolute Gasteiger partial charge is 0.274 e. The Morgan fingerprint density at radius 2 is 2.26 bits per heavy atom. The number of aryl methyl sites for hydroxylation is 1. The van der Waals surface area contributed by atoms with Gasteiger partial charge in [0.15, 0.2) is 5.69 Å². The lowest BCUT2D eigenvalue weighted by Crippen LogP contribution is -2.39. The van der Waals surface area contributed by atoms with Gasteiger partial charge >= 0.3 is 0 Å². The van der Waals surface area contributed by atoms with Crippen LogP contribution < -0.4 is 5.32 Å². The zero-order valence-corrected chi connectivity index (χ0v) is 14.1. The summed E-state index contributed by atoms with van der Waals surface area (Å²) in [6, 6.07) is 5.24. The van der Waals surface area contributed by atoms with E-state index in [4.69, 9.17) is 0 Å².